The Morgan fingerprint density at radius 3 is 1.19 bits per heavy atom. The zero-order valence-electron chi connectivity index (χ0n) is 41.6. The molecule has 366 valence electrons. The molecule has 0 fully saturated rings. The van der Waals surface area contributed by atoms with Gasteiger partial charge in [-0.1, -0.05) is 212 Å². The van der Waals surface area contributed by atoms with E-state index in [2.05, 4.69) is 26.0 Å². The van der Waals surface area contributed by atoms with Gasteiger partial charge in [-0.05, 0) is 38.5 Å². The number of esters is 2. The number of carbonyl (C=O) groups is 3. The molecular weight excluding hydrogens is 779 g/mol. The average molecular weight is 881 g/mol. The molecule has 0 aromatic rings. The first kappa shape index (κ1) is 60.0. The molecule has 9 nitrogen and oxygen atoms in total. The molecule has 2 atom stereocenters. The molecule has 0 saturated carbocycles. The van der Waals surface area contributed by atoms with E-state index in [9.17, 15) is 19.5 Å². The third kappa shape index (κ3) is 46.0. The summed E-state index contributed by atoms with van der Waals surface area (Å²) in [5.41, 5.74) is 0. The Bertz CT molecular complexity index is 1030. The van der Waals surface area contributed by atoms with Gasteiger partial charge in [0.25, 0.3) is 6.29 Å². The van der Waals surface area contributed by atoms with Crippen molar-refractivity contribution in [1.82, 2.24) is 0 Å². The maximum atomic E-state index is 12.8. The Labute approximate surface area is 383 Å². The van der Waals surface area contributed by atoms with Crippen LogP contribution in [0.4, 0.5) is 0 Å². The van der Waals surface area contributed by atoms with Crippen molar-refractivity contribution in [3.63, 3.8) is 0 Å². The molecular formula is C53H102NO8+. The molecule has 0 aliphatic rings. The van der Waals surface area contributed by atoms with Crippen molar-refractivity contribution in [1.29, 1.82) is 0 Å². The second kappa shape index (κ2) is 45.6. The number of carboxylic acid groups (broad SMARTS) is 1. The summed E-state index contributed by atoms with van der Waals surface area (Å²) in [6, 6.07) is 0. The van der Waals surface area contributed by atoms with Crippen molar-refractivity contribution < 1.29 is 42.9 Å². The zero-order chi connectivity index (χ0) is 45.6. The molecule has 0 amide bonds. The number of carboxylic acids is 1. The molecule has 0 rings (SSSR count). The number of quaternary nitrogens is 1. The number of likely N-dealkylation sites (N-methyl/N-ethyl adjacent to an activating group) is 1. The van der Waals surface area contributed by atoms with E-state index in [0.717, 1.165) is 51.4 Å². The van der Waals surface area contributed by atoms with Gasteiger partial charge in [0.1, 0.15) is 13.2 Å². The van der Waals surface area contributed by atoms with Crippen molar-refractivity contribution in [2.24, 2.45) is 0 Å². The van der Waals surface area contributed by atoms with E-state index in [0.29, 0.717) is 17.4 Å². The number of unbranched alkanes of at least 4 members (excludes halogenated alkanes) is 32. The average Bonchev–Trinajstić information content (AvgIpc) is 3.23. The third-order valence-electron chi connectivity index (χ3n) is 11.8. The van der Waals surface area contributed by atoms with Gasteiger partial charge >= 0.3 is 17.9 Å². The molecule has 0 aromatic carbocycles. The van der Waals surface area contributed by atoms with Crippen LogP contribution in [0.2, 0.25) is 0 Å². The molecule has 0 radical (unpaired) electrons. The van der Waals surface area contributed by atoms with Crippen molar-refractivity contribution in [2.75, 3.05) is 47.5 Å². The van der Waals surface area contributed by atoms with Crippen LogP contribution in [0, 0.1) is 0 Å². The van der Waals surface area contributed by atoms with E-state index < -0.39 is 24.3 Å². The van der Waals surface area contributed by atoms with E-state index >= 15 is 0 Å². The normalized spacial score (nSPS) is 12.9. The number of carbonyl (C=O) groups excluding carboxylic acids is 2. The van der Waals surface area contributed by atoms with Crippen LogP contribution in [0.15, 0.2) is 12.2 Å². The van der Waals surface area contributed by atoms with Crippen LogP contribution in [0.5, 0.6) is 0 Å². The maximum absolute atomic E-state index is 12.8. The lowest BCUT2D eigenvalue weighted by molar-refractivity contribution is -0.870. The van der Waals surface area contributed by atoms with Crippen LogP contribution in [-0.2, 0) is 33.3 Å². The standard InChI is InChI=1S/C53H101NO8/c1-6-8-10-12-14-16-18-20-22-24-26-28-29-31-33-35-37-39-41-43-50(55)60-47-49(48-61-53(52(57)58)59-46-45-54(3,4)5)62-51(56)44-42-40-38-36-34-32-30-27-25-23-21-19-17-15-13-11-9-7-2/h23,25,49,53H,6-22,24,26-48H2,1-5H3/p+1/b25-23-. The molecule has 1 N–H and O–H groups in total. The minimum atomic E-state index is -1.51. The number of nitrogens with zero attached hydrogens (tertiary/aromatic N) is 1. The lowest BCUT2D eigenvalue weighted by atomic mass is 10.0. The first-order valence-corrected chi connectivity index (χ1v) is 26.4. The molecule has 0 spiro atoms. The highest BCUT2D eigenvalue weighted by atomic mass is 16.7. The van der Waals surface area contributed by atoms with E-state index in [1.54, 1.807) is 0 Å². The highest BCUT2D eigenvalue weighted by molar-refractivity contribution is 5.71. The predicted molar refractivity (Wildman–Crippen MR) is 258 cm³/mol. The molecule has 0 aliphatic heterocycles. The Hall–Kier alpha value is -1.97. The predicted octanol–water partition coefficient (Wildman–Crippen LogP) is 14.6. The van der Waals surface area contributed by atoms with Gasteiger partial charge in [0, 0.05) is 12.8 Å². The van der Waals surface area contributed by atoms with Crippen LogP contribution in [0.3, 0.4) is 0 Å². The highest BCUT2D eigenvalue weighted by Gasteiger charge is 2.25. The minimum absolute atomic E-state index is 0.177. The fraction of sp³-hybridized carbons (Fsp3) is 0.906. The van der Waals surface area contributed by atoms with Gasteiger partial charge in [-0.3, -0.25) is 9.59 Å². The lowest BCUT2D eigenvalue weighted by Crippen LogP contribution is -2.40. The summed E-state index contributed by atoms with van der Waals surface area (Å²) in [7, 11) is 5.97. The van der Waals surface area contributed by atoms with Crippen molar-refractivity contribution in [2.45, 2.75) is 264 Å². The SMILES string of the molecule is CCCCCCCCC/C=C\CCCCCCCCCC(=O)OC(COC(=O)CCCCCCCCCCCCCCCCCCCCC)COC(OCC[N+](C)(C)C)C(=O)O. The Morgan fingerprint density at radius 1 is 0.468 bits per heavy atom. The minimum Gasteiger partial charge on any atom is -0.477 e. The fourth-order valence-electron chi connectivity index (χ4n) is 7.66. The number of rotatable bonds is 49. The highest BCUT2D eigenvalue weighted by Crippen LogP contribution is 2.16. The largest absolute Gasteiger partial charge is 0.477 e. The smallest absolute Gasteiger partial charge is 0.361 e. The molecule has 0 saturated heterocycles. The summed E-state index contributed by atoms with van der Waals surface area (Å²) in [5, 5.41) is 9.67. The number of hydrogen-bond acceptors (Lipinski definition) is 7. The number of hydrogen-bond donors (Lipinski definition) is 1. The summed E-state index contributed by atoms with van der Waals surface area (Å²) in [6.45, 7) is 4.91. The molecule has 0 aliphatic carbocycles. The van der Waals surface area contributed by atoms with Gasteiger partial charge in [-0.25, -0.2) is 4.79 Å². The Morgan fingerprint density at radius 2 is 0.823 bits per heavy atom. The second-order valence-corrected chi connectivity index (χ2v) is 19.2. The van der Waals surface area contributed by atoms with Crippen molar-refractivity contribution in [3.8, 4) is 0 Å². The monoisotopic (exact) mass is 881 g/mol. The molecule has 0 bridgehead atoms. The topological polar surface area (TPSA) is 108 Å². The molecule has 0 heterocycles. The summed E-state index contributed by atoms with van der Waals surface area (Å²) in [5.74, 6) is -1.99. The Kier molecular flexibility index (Phi) is 44.1. The van der Waals surface area contributed by atoms with E-state index in [4.69, 9.17) is 18.9 Å². The number of allylic oxidation sites excluding steroid dienone is 2. The van der Waals surface area contributed by atoms with Crippen LogP contribution < -0.4 is 0 Å². The van der Waals surface area contributed by atoms with Gasteiger partial charge in [-0.15, -0.1) is 0 Å². The van der Waals surface area contributed by atoms with Gasteiger partial charge < -0.3 is 28.5 Å². The van der Waals surface area contributed by atoms with Gasteiger partial charge in [0.2, 0.25) is 0 Å². The quantitative estimate of drug-likeness (QED) is 0.0212. The summed E-state index contributed by atoms with van der Waals surface area (Å²) < 4.78 is 22.8. The Balaban J connectivity index is 4.30. The van der Waals surface area contributed by atoms with E-state index in [1.165, 1.54) is 173 Å². The third-order valence-corrected chi connectivity index (χ3v) is 11.8. The van der Waals surface area contributed by atoms with E-state index in [-0.39, 0.29) is 32.2 Å². The first-order valence-electron chi connectivity index (χ1n) is 26.4. The molecule has 62 heavy (non-hydrogen) atoms. The van der Waals surface area contributed by atoms with Gasteiger partial charge in [0.05, 0.1) is 34.4 Å². The summed E-state index contributed by atoms with van der Waals surface area (Å²) in [6.07, 6.45) is 47.0. The van der Waals surface area contributed by atoms with Crippen LogP contribution in [0.1, 0.15) is 251 Å². The summed E-state index contributed by atoms with van der Waals surface area (Å²) >= 11 is 0. The first-order chi connectivity index (χ1) is 30.1. The molecule has 9 heteroatoms. The number of aliphatic carboxylic acids is 1. The number of ether oxygens (including phenoxy) is 4. The fourth-order valence-corrected chi connectivity index (χ4v) is 7.66. The van der Waals surface area contributed by atoms with E-state index in [1.807, 2.05) is 21.1 Å². The van der Waals surface area contributed by atoms with Crippen LogP contribution in [-0.4, -0.2) is 87.4 Å². The van der Waals surface area contributed by atoms with Gasteiger partial charge in [0.15, 0.2) is 6.10 Å². The molecule has 2 unspecified atom stereocenters. The zero-order valence-corrected chi connectivity index (χ0v) is 41.6. The van der Waals surface area contributed by atoms with Crippen molar-refractivity contribution in [3.05, 3.63) is 12.2 Å². The second-order valence-electron chi connectivity index (χ2n) is 19.2. The van der Waals surface area contributed by atoms with Gasteiger partial charge in [-0.2, -0.15) is 0 Å². The molecule has 0 aromatic heterocycles. The van der Waals surface area contributed by atoms with Crippen molar-refractivity contribution >= 4 is 17.9 Å². The lowest BCUT2D eigenvalue weighted by Gasteiger charge is -2.25. The maximum Gasteiger partial charge on any atom is 0.361 e. The van der Waals surface area contributed by atoms with Crippen LogP contribution in [0.25, 0.3) is 0 Å². The van der Waals surface area contributed by atoms with Crippen LogP contribution >= 0.6 is 0 Å². The summed E-state index contributed by atoms with van der Waals surface area (Å²) in [4.78, 5) is 37.3.